The Bertz CT molecular complexity index is 1130. The van der Waals surface area contributed by atoms with Crippen molar-refractivity contribution in [2.75, 3.05) is 29.9 Å². The third-order valence-corrected chi connectivity index (χ3v) is 7.41. The van der Waals surface area contributed by atoms with E-state index in [1.165, 1.54) is 12.0 Å². The molecular formula is C29H35N3O2. The van der Waals surface area contributed by atoms with Gasteiger partial charge in [0.25, 0.3) is 0 Å². The smallest absolute Gasteiger partial charge is 0.242 e. The molecule has 5 rings (SSSR count). The zero-order valence-corrected chi connectivity index (χ0v) is 20.6. The molecule has 1 unspecified atom stereocenters. The number of benzene rings is 2. The molecule has 0 radical (unpaired) electrons. The SMILES string of the molecule is Cc1ccc(C2C3=C(CC(C)(C)CC3=O)Nc3ccccc3N2CC(=O)N2CCCCC2)cc1. The molecule has 0 aromatic heterocycles. The lowest BCUT2D eigenvalue weighted by molar-refractivity contribution is -0.130. The Morgan fingerprint density at radius 3 is 2.44 bits per heavy atom. The number of hydrogen-bond acceptors (Lipinski definition) is 4. The number of nitrogens with one attached hydrogen (secondary N) is 1. The van der Waals surface area contributed by atoms with E-state index in [9.17, 15) is 9.59 Å². The molecule has 34 heavy (non-hydrogen) atoms. The van der Waals surface area contributed by atoms with Crippen LogP contribution in [-0.4, -0.2) is 36.2 Å². The van der Waals surface area contributed by atoms with Crippen molar-refractivity contribution < 1.29 is 9.59 Å². The molecular weight excluding hydrogens is 422 g/mol. The Balaban J connectivity index is 1.66. The maximum absolute atomic E-state index is 13.7. The standard InChI is InChI=1S/C29H35N3O2/c1-20-11-13-21(14-12-20)28-27-23(17-29(2,3)18-25(27)33)30-22-9-5-6-10-24(22)32(28)19-26(34)31-15-7-4-8-16-31/h5-6,9-14,28,30H,4,7-8,15-19H2,1-3H3. The third kappa shape index (κ3) is 4.36. The number of allylic oxidation sites excluding steroid dienone is 1. The van der Waals surface area contributed by atoms with Crippen molar-refractivity contribution in [1.29, 1.82) is 0 Å². The minimum Gasteiger partial charge on any atom is -0.357 e. The number of amides is 1. The van der Waals surface area contributed by atoms with Crippen LogP contribution < -0.4 is 10.2 Å². The minimum atomic E-state index is -0.302. The molecule has 2 heterocycles. The summed E-state index contributed by atoms with van der Waals surface area (Å²) in [5, 5.41) is 3.63. The molecule has 1 N–H and O–H groups in total. The van der Waals surface area contributed by atoms with Crippen molar-refractivity contribution in [3.05, 3.63) is 70.9 Å². The van der Waals surface area contributed by atoms with Gasteiger partial charge in [-0.2, -0.15) is 0 Å². The quantitative estimate of drug-likeness (QED) is 0.650. The van der Waals surface area contributed by atoms with E-state index in [1.54, 1.807) is 0 Å². The Morgan fingerprint density at radius 1 is 1.00 bits per heavy atom. The van der Waals surface area contributed by atoms with E-state index in [-0.39, 0.29) is 29.7 Å². The summed E-state index contributed by atoms with van der Waals surface area (Å²) in [6.07, 6.45) is 4.63. The summed E-state index contributed by atoms with van der Waals surface area (Å²) in [4.78, 5) is 31.4. The van der Waals surface area contributed by atoms with Crippen LogP contribution in [0.2, 0.25) is 0 Å². The molecule has 2 aromatic rings. The van der Waals surface area contributed by atoms with Crippen molar-refractivity contribution >= 4 is 23.1 Å². The fraction of sp³-hybridized carbons (Fsp3) is 0.448. The highest BCUT2D eigenvalue weighted by molar-refractivity contribution is 6.01. The van der Waals surface area contributed by atoms with Gasteiger partial charge >= 0.3 is 0 Å². The first-order valence-corrected chi connectivity index (χ1v) is 12.6. The van der Waals surface area contributed by atoms with Crippen molar-refractivity contribution in [3.8, 4) is 0 Å². The lowest BCUT2D eigenvalue weighted by atomic mass is 9.73. The van der Waals surface area contributed by atoms with Gasteiger partial charge in [0, 0.05) is 30.8 Å². The van der Waals surface area contributed by atoms with Crippen LogP contribution in [0.5, 0.6) is 0 Å². The topological polar surface area (TPSA) is 52.7 Å². The summed E-state index contributed by atoms with van der Waals surface area (Å²) in [7, 11) is 0. The van der Waals surface area contributed by atoms with Gasteiger partial charge in [0.2, 0.25) is 5.91 Å². The molecule has 1 saturated heterocycles. The molecule has 3 aliphatic rings. The summed E-state index contributed by atoms with van der Waals surface area (Å²) in [5.41, 5.74) is 5.86. The summed E-state index contributed by atoms with van der Waals surface area (Å²) < 4.78 is 0. The summed E-state index contributed by atoms with van der Waals surface area (Å²) >= 11 is 0. The van der Waals surface area contributed by atoms with Crippen molar-refractivity contribution in [2.45, 2.75) is 58.9 Å². The Morgan fingerprint density at radius 2 is 1.71 bits per heavy atom. The molecule has 1 amide bonds. The van der Waals surface area contributed by atoms with Crippen LogP contribution in [0.1, 0.15) is 63.1 Å². The fourth-order valence-corrected chi connectivity index (χ4v) is 5.71. The molecule has 0 saturated carbocycles. The normalized spacial score (nSPS) is 22.0. The number of carbonyl (C=O) groups excluding carboxylic acids is 2. The molecule has 1 atom stereocenters. The van der Waals surface area contributed by atoms with E-state index >= 15 is 0 Å². The zero-order chi connectivity index (χ0) is 23.9. The molecule has 1 aliphatic carbocycles. The monoisotopic (exact) mass is 457 g/mol. The molecule has 0 spiro atoms. The second-order valence-corrected chi connectivity index (χ2v) is 10.9. The van der Waals surface area contributed by atoms with Crippen LogP contribution in [0.4, 0.5) is 11.4 Å². The van der Waals surface area contributed by atoms with Crippen LogP contribution in [0.15, 0.2) is 59.8 Å². The Hall–Kier alpha value is -3.08. The molecule has 178 valence electrons. The molecule has 2 aromatic carbocycles. The van der Waals surface area contributed by atoms with Crippen LogP contribution in [0, 0.1) is 12.3 Å². The van der Waals surface area contributed by atoms with Gasteiger partial charge in [0.05, 0.1) is 24.0 Å². The van der Waals surface area contributed by atoms with E-state index in [2.05, 4.69) is 67.4 Å². The molecule has 1 fully saturated rings. The van der Waals surface area contributed by atoms with Crippen molar-refractivity contribution in [2.24, 2.45) is 5.41 Å². The van der Waals surface area contributed by atoms with Crippen LogP contribution in [0.3, 0.4) is 0 Å². The number of ketones is 1. The average Bonchev–Trinajstić information content (AvgIpc) is 2.94. The summed E-state index contributed by atoms with van der Waals surface area (Å²) in [5.74, 6) is 0.312. The predicted molar refractivity (Wildman–Crippen MR) is 137 cm³/mol. The summed E-state index contributed by atoms with van der Waals surface area (Å²) in [6.45, 7) is 8.29. The van der Waals surface area contributed by atoms with Gasteiger partial charge in [-0.25, -0.2) is 0 Å². The van der Waals surface area contributed by atoms with E-state index in [0.29, 0.717) is 6.42 Å². The lowest BCUT2D eigenvalue weighted by Crippen LogP contribution is -2.45. The van der Waals surface area contributed by atoms with E-state index in [1.807, 2.05) is 17.0 Å². The summed E-state index contributed by atoms with van der Waals surface area (Å²) in [6, 6.07) is 16.3. The number of fused-ring (bicyclic) bond motifs is 1. The molecule has 0 bridgehead atoms. The highest BCUT2D eigenvalue weighted by Crippen LogP contribution is 2.48. The minimum absolute atomic E-state index is 0.103. The molecule has 5 heteroatoms. The van der Waals surface area contributed by atoms with Crippen molar-refractivity contribution in [1.82, 2.24) is 4.90 Å². The Labute approximate surface area is 202 Å². The van der Waals surface area contributed by atoms with Crippen LogP contribution >= 0.6 is 0 Å². The molecule has 5 nitrogen and oxygen atoms in total. The average molecular weight is 458 g/mol. The van der Waals surface area contributed by atoms with Gasteiger partial charge in [0.1, 0.15) is 0 Å². The number of rotatable bonds is 3. The first kappa shape index (κ1) is 22.7. The van der Waals surface area contributed by atoms with Crippen molar-refractivity contribution in [3.63, 3.8) is 0 Å². The maximum Gasteiger partial charge on any atom is 0.242 e. The number of Topliss-reactive ketones (excluding diaryl/α,β-unsaturated/α-hetero) is 1. The third-order valence-electron chi connectivity index (χ3n) is 7.41. The van der Waals surface area contributed by atoms with Gasteiger partial charge in [0.15, 0.2) is 5.78 Å². The lowest BCUT2D eigenvalue weighted by Gasteiger charge is -2.39. The van der Waals surface area contributed by atoms with E-state index < -0.39 is 0 Å². The predicted octanol–water partition coefficient (Wildman–Crippen LogP) is 5.62. The number of carbonyl (C=O) groups is 2. The van der Waals surface area contributed by atoms with Crippen LogP contribution in [-0.2, 0) is 9.59 Å². The maximum atomic E-state index is 13.7. The van der Waals surface area contributed by atoms with Gasteiger partial charge in [-0.3, -0.25) is 9.59 Å². The number of para-hydroxylation sites is 2. The number of nitrogens with zero attached hydrogens (tertiary/aromatic N) is 2. The number of hydrogen-bond donors (Lipinski definition) is 1. The zero-order valence-electron chi connectivity index (χ0n) is 20.6. The second-order valence-electron chi connectivity index (χ2n) is 10.9. The van der Waals surface area contributed by atoms with Gasteiger partial charge in [-0.15, -0.1) is 0 Å². The van der Waals surface area contributed by atoms with E-state index in [0.717, 1.165) is 60.6 Å². The number of anilines is 2. The highest BCUT2D eigenvalue weighted by atomic mass is 16.2. The van der Waals surface area contributed by atoms with Gasteiger partial charge in [-0.1, -0.05) is 55.8 Å². The molecule has 2 aliphatic heterocycles. The Kier molecular flexibility index (Phi) is 5.97. The van der Waals surface area contributed by atoms with Gasteiger partial charge in [-0.05, 0) is 55.7 Å². The number of likely N-dealkylation sites (tertiary alicyclic amines) is 1. The second kappa shape index (κ2) is 8.94. The number of aryl methyl sites for hydroxylation is 1. The number of piperidine rings is 1. The first-order valence-electron chi connectivity index (χ1n) is 12.6. The van der Waals surface area contributed by atoms with Crippen LogP contribution in [0.25, 0.3) is 0 Å². The largest absolute Gasteiger partial charge is 0.357 e. The fourth-order valence-electron chi connectivity index (χ4n) is 5.71. The van der Waals surface area contributed by atoms with Gasteiger partial charge < -0.3 is 15.1 Å². The first-order chi connectivity index (χ1) is 16.3. The van der Waals surface area contributed by atoms with E-state index in [4.69, 9.17) is 0 Å². The highest BCUT2D eigenvalue weighted by Gasteiger charge is 2.42.